The third-order valence-corrected chi connectivity index (χ3v) is 8.77. The molecule has 2 radical (unpaired) electrons. The summed E-state index contributed by atoms with van der Waals surface area (Å²) < 4.78 is 25.9. The fourth-order valence-electron chi connectivity index (χ4n) is 3.08. The molecule has 1 aliphatic rings. The number of nitrogens with zero attached hydrogens (tertiary/aromatic N) is 1. The zero-order valence-electron chi connectivity index (χ0n) is 19.5. The molecule has 6 atom stereocenters. The molecule has 1 aliphatic heterocycles. The molecule has 21 heteroatoms. The van der Waals surface area contributed by atoms with Crippen LogP contribution >= 0.6 is 51.4 Å². The predicted octanol–water partition coefficient (Wildman–Crippen LogP) is -1.53. The van der Waals surface area contributed by atoms with Crippen molar-refractivity contribution in [3.63, 3.8) is 0 Å². The fourth-order valence-corrected chi connectivity index (χ4v) is 4.81. The average molecular weight is 790 g/mol. The van der Waals surface area contributed by atoms with Gasteiger partial charge in [0.05, 0.1) is 0 Å². The summed E-state index contributed by atoms with van der Waals surface area (Å²) in [6, 6.07) is 6.39. The van der Waals surface area contributed by atoms with Crippen LogP contribution in [0, 0.1) is 0 Å². The Morgan fingerprint density at radius 3 is 2.58 bits per heavy atom. The first-order chi connectivity index (χ1) is 17.9. The summed E-state index contributed by atoms with van der Waals surface area (Å²) in [4.78, 5) is 38.3. The Hall–Kier alpha value is -0.680. The van der Waals surface area contributed by atoms with E-state index in [4.69, 9.17) is 21.4 Å². The average Bonchev–Trinajstić information content (AvgIpc) is 2.89. The van der Waals surface area contributed by atoms with Gasteiger partial charge in [-0.2, -0.15) is 0 Å². The molecule has 3 unspecified atom stereocenters. The third-order valence-electron chi connectivity index (χ3n) is 4.99. The molecule has 1 saturated heterocycles. The summed E-state index contributed by atoms with van der Waals surface area (Å²) in [5, 5.41) is 43.0. The van der Waals surface area contributed by atoms with E-state index in [0.29, 0.717) is 5.56 Å². The van der Waals surface area contributed by atoms with Crippen molar-refractivity contribution in [3.8, 4) is 5.75 Å². The van der Waals surface area contributed by atoms with E-state index >= 15 is 0 Å². The molecule has 38 heavy (non-hydrogen) atoms. The number of likely N-dealkylation sites (N-methyl/N-ethyl adjacent to an activating group) is 1. The molecule has 0 aliphatic carbocycles. The van der Waals surface area contributed by atoms with Gasteiger partial charge in [-0.1, -0.05) is 0 Å². The number of ether oxygens (including phenoxy) is 2. The maximum atomic E-state index is 12.6. The molecule has 1 aromatic carbocycles. The van der Waals surface area contributed by atoms with E-state index in [1.807, 2.05) is 0 Å². The van der Waals surface area contributed by atoms with Crippen molar-refractivity contribution in [2.45, 2.75) is 37.3 Å². The maximum absolute atomic E-state index is 12.6. The molecule has 202 valence electrons. The number of halogens is 2. The summed E-state index contributed by atoms with van der Waals surface area (Å²) in [6.07, 6.45) is -9.55. The summed E-state index contributed by atoms with van der Waals surface area (Å²) in [5.74, 6) is -0.764. The van der Waals surface area contributed by atoms with Crippen LogP contribution in [0.4, 0.5) is 10.5 Å². The number of hydrogen-bond acceptors (Lipinski definition) is 11. The van der Waals surface area contributed by atoms with Crippen LogP contribution in [0.1, 0.15) is 5.56 Å². The van der Waals surface area contributed by atoms with Gasteiger partial charge in [0.2, 0.25) is 0 Å². The quantitative estimate of drug-likeness (QED) is 0.137. The molecule has 1 fully saturated rings. The number of hydrogen-bond donors (Lipinski definition) is 5. The van der Waals surface area contributed by atoms with Gasteiger partial charge in [-0.3, -0.25) is 0 Å². The van der Waals surface area contributed by atoms with Gasteiger partial charge in [-0.25, -0.2) is 0 Å². The first-order valence-electron chi connectivity index (χ1n) is 10.5. The predicted molar refractivity (Wildman–Crippen MR) is 159 cm³/mol. The molecular weight excluding hydrogens is 769 g/mol. The third kappa shape index (κ3) is 9.18. The zero-order valence-corrected chi connectivity index (χ0v) is 25.5. The van der Waals surface area contributed by atoms with Crippen LogP contribution in [0.5, 0.6) is 5.75 Å². The van der Waals surface area contributed by atoms with Gasteiger partial charge < -0.3 is 0 Å². The van der Waals surface area contributed by atoms with Crippen LogP contribution in [0.2, 0.25) is 0 Å². The fraction of sp³-hybridized carbons (Fsp3) is 0.471. The topological polar surface area (TPSA) is 192 Å². The molecule has 0 bridgehead atoms. The van der Waals surface area contributed by atoms with Crippen LogP contribution in [-0.2, 0) is 36.2 Å². The molecule has 0 aromatic heterocycles. The first-order valence-corrected chi connectivity index (χ1v) is 16.3. The van der Waals surface area contributed by atoms with E-state index in [9.17, 15) is 39.0 Å². The monoisotopic (exact) mass is 790 g/mol. The number of anilines is 1. The van der Waals surface area contributed by atoms with E-state index < -0.39 is 73.8 Å². The van der Waals surface area contributed by atoms with Gasteiger partial charge in [0.25, 0.3) is 0 Å². The molecule has 0 saturated carbocycles. The zero-order chi connectivity index (χ0) is 28.6. The molecule has 2 amide bonds. The van der Waals surface area contributed by atoms with Crippen molar-refractivity contribution < 1.29 is 52.7 Å². The van der Waals surface area contributed by atoms with E-state index in [-0.39, 0.29) is 22.5 Å². The summed E-state index contributed by atoms with van der Waals surface area (Å²) in [5.41, 5.74) is -0.351. The van der Waals surface area contributed by atoms with E-state index in [1.165, 1.54) is 31.3 Å². The van der Waals surface area contributed by atoms with Crippen LogP contribution in [0.25, 0.3) is 0 Å². The SMILES string of the molecule is [B]B=S(I)OC(=O)N(C)CC(=O)Nc1cc(CO)ccc1O[C@@H]1OC(C(=O)B(I)B=S=O)[C@@H](O)[C@H](O)C1O. The van der Waals surface area contributed by atoms with Crippen molar-refractivity contribution in [2.75, 3.05) is 18.9 Å². The van der Waals surface area contributed by atoms with E-state index in [0.717, 1.165) is 10.9 Å². The van der Waals surface area contributed by atoms with Crippen molar-refractivity contribution >= 4 is 110 Å². The Bertz CT molecular complexity index is 1130. The van der Waals surface area contributed by atoms with Crippen molar-refractivity contribution in [1.82, 2.24) is 4.90 Å². The Morgan fingerprint density at radius 2 is 1.97 bits per heavy atom. The van der Waals surface area contributed by atoms with Gasteiger partial charge in [0.15, 0.2) is 0 Å². The Balaban J connectivity index is 2.24. The van der Waals surface area contributed by atoms with Crippen LogP contribution in [-0.4, -0.2) is 116 Å². The second-order valence-corrected chi connectivity index (χ2v) is 13.0. The van der Waals surface area contributed by atoms with Gasteiger partial charge in [-0.05, 0) is 0 Å². The number of carbonyl (C=O) groups excluding carboxylic acids is 3. The van der Waals surface area contributed by atoms with Gasteiger partial charge in [0.1, 0.15) is 0 Å². The normalized spacial score (nSPS) is 23.3. The number of aliphatic hydroxyl groups is 4. The van der Waals surface area contributed by atoms with Crippen LogP contribution in [0.3, 0.4) is 0 Å². The van der Waals surface area contributed by atoms with Gasteiger partial charge >= 0.3 is 253 Å². The van der Waals surface area contributed by atoms with E-state index in [2.05, 4.69) is 5.32 Å². The minimum atomic E-state index is -1.84. The van der Waals surface area contributed by atoms with Crippen molar-refractivity contribution in [2.24, 2.45) is 0 Å². The van der Waals surface area contributed by atoms with Crippen molar-refractivity contribution in [3.05, 3.63) is 23.8 Å². The number of benzene rings is 1. The summed E-state index contributed by atoms with van der Waals surface area (Å²) >= 11 is 3.49. The second-order valence-electron chi connectivity index (χ2n) is 7.68. The number of carbonyl (C=O) groups is 3. The van der Waals surface area contributed by atoms with Crippen LogP contribution < -0.4 is 10.1 Å². The van der Waals surface area contributed by atoms with Crippen molar-refractivity contribution in [1.29, 1.82) is 0 Å². The van der Waals surface area contributed by atoms with Gasteiger partial charge in [-0.15, -0.1) is 0 Å². The molecule has 2 rings (SSSR count). The number of nitrogens with one attached hydrogen (secondary N) is 1. The minimum absolute atomic E-state index is 0.00870. The molecule has 5 N–H and O–H groups in total. The summed E-state index contributed by atoms with van der Waals surface area (Å²) in [6.45, 7) is -0.826. The molecule has 0 spiro atoms. The number of aliphatic hydroxyl groups excluding tert-OH is 4. The van der Waals surface area contributed by atoms with Gasteiger partial charge in [0, 0.05) is 0 Å². The standard InChI is InChI=1S/C17H20B4I2N2O11S2/c1-25(17(32)36-38(23)19-18)5-10(27)24-8-4-7(6-26)2-3-9(8)34-16-13(30)11(28)12(29)14(35-16)15(31)21(22)20-37-33/h2-4,11-14,16,26,28-30H,5-6H2,1H3,(H,24,27)/t11-,12-,13?,14?,16+,38?/m0/s1. The second kappa shape index (κ2) is 15.9. The molecule has 1 aromatic rings. The number of amides is 2. The Morgan fingerprint density at radius 1 is 1.29 bits per heavy atom. The Labute approximate surface area is 251 Å². The van der Waals surface area contributed by atoms with Crippen LogP contribution in [0.15, 0.2) is 18.2 Å². The first kappa shape index (κ1) is 33.5. The Kier molecular flexibility index (Phi) is 14.1. The molecule has 1 heterocycles. The molecular formula is C17H20B4I2N2O11S2. The van der Waals surface area contributed by atoms with E-state index in [1.54, 1.807) is 43.6 Å². The number of rotatable bonds is 10. The summed E-state index contributed by atoms with van der Waals surface area (Å²) in [7, 11) is 5.65. The molecule has 13 nitrogen and oxygen atoms in total.